The molecule has 14 nitrogen and oxygen atoms in total. The fraction of sp³-hybridized carbons (Fsp3) is 0.615. The van der Waals surface area contributed by atoms with Crippen LogP contribution in [0, 0.1) is 0 Å². The van der Waals surface area contributed by atoms with Crippen molar-refractivity contribution in [3.63, 3.8) is 0 Å². The number of ether oxygens (including phenoxy) is 13. The van der Waals surface area contributed by atoms with Crippen LogP contribution in [0.4, 0.5) is 0 Å². The Bertz CT molecular complexity index is 2110. The third-order valence-corrected chi connectivity index (χ3v) is 12.6. The predicted molar refractivity (Wildman–Crippen MR) is 314 cm³/mol. The highest BCUT2D eigenvalue weighted by atomic mass is 16.6. The van der Waals surface area contributed by atoms with Gasteiger partial charge in [-0.2, -0.15) is 0 Å². The molecule has 14 heteroatoms. The van der Waals surface area contributed by atoms with Gasteiger partial charge in [0.25, 0.3) is 0 Å². The summed E-state index contributed by atoms with van der Waals surface area (Å²) < 4.78 is 83.6. The van der Waals surface area contributed by atoms with Gasteiger partial charge >= 0.3 is 5.97 Å². The minimum atomic E-state index is -0.582. The first-order chi connectivity index (χ1) is 38.7. The van der Waals surface area contributed by atoms with Crippen LogP contribution in [-0.2, 0) is 24.6 Å². The molecule has 0 saturated heterocycles. The SMILES string of the molecule is CCCCOc1cc(COc2cc(C(=O)OC)cc(OCc3cc(OCCCC)c(OCCCC)c(OCCCC)c3)c2OCc2cc(OCCCC)c(OCCCC)c(OCCCC)c2)cc(OCCCC)c1OCCCC. The number of carbonyl (C=O) groups is 1. The Hall–Kier alpha value is -6.05. The molecular formula is C65H98O14. The second-order valence-electron chi connectivity index (χ2n) is 19.7. The minimum Gasteiger partial charge on any atom is -0.490 e. The van der Waals surface area contributed by atoms with Crippen molar-refractivity contribution in [2.75, 3.05) is 66.6 Å². The summed E-state index contributed by atoms with van der Waals surface area (Å²) in [5.41, 5.74) is 2.47. The van der Waals surface area contributed by atoms with Gasteiger partial charge in [-0.3, -0.25) is 0 Å². The number of esters is 1. The number of rotatable bonds is 46. The molecule has 0 N–H and O–H groups in total. The number of hydrogen-bond donors (Lipinski definition) is 0. The molecule has 4 rings (SSSR count). The number of hydrogen-bond acceptors (Lipinski definition) is 14. The quantitative estimate of drug-likeness (QED) is 0.0306. The molecule has 0 bridgehead atoms. The van der Waals surface area contributed by atoms with Crippen molar-refractivity contribution in [3.05, 3.63) is 70.8 Å². The van der Waals surface area contributed by atoms with E-state index >= 15 is 0 Å². The van der Waals surface area contributed by atoms with E-state index < -0.39 is 5.97 Å². The predicted octanol–water partition coefficient (Wildman–Crippen LogP) is 16.8. The van der Waals surface area contributed by atoms with E-state index in [-0.39, 0.29) is 42.6 Å². The number of carbonyl (C=O) groups excluding carboxylic acids is 1. The summed E-state index contributed by atoms with van der Waals surface area (Å²) in [6, 6.07) is 14.9. The highest BCUT2D eigenvalue weighted by Gasteiger charge is 2.24. The van der Waals surface area contributed by atoms with E-state index in [4.69, 9.17) is 61.6 Å². The summed E-state index contributed by atoms with van der Waals surface area (Å²) >= 11 is 0. The largest absolute Gasteiger partial charge is 0.490 e. The third kappa shape index (κ3) is 22.9. The lowest BCUT2D eigenvalue weighted by Crippen LogP contribution is -2.10. The molecule has 0 atom stereocenters. The van der Waals surface area contributed by atoms with Gasteiger partial charge in [0.05, 0.1) is 72.1 Å². The summed E-state index contributed by atoms with van der Waals surface area (Å²) in [4.78, 5) is 13.6. The maximum Gasteiger partial charge on any atom is 0.338 e. The standard InChI is InChI=1S/C65H98O14/c1-11-20-29-68-53-38-49(39-54(69-30-21-12-2)61(53)74-35-26-17-7)46-77-59-44-52(65(66)67-10)45-60(78-47-50-40-55(70-31-22-13-3)62(75-36-27-18-8)56(41-50)71-32-23-14-4)64(59)79-48-51-42-57(72-33-24-15-5)63(76-37-28-19-9)58(43-51)73-34-25-16-6/h38-45H,11-37,46-48H2,1-10H3. The first-order valence-corrected chi connectivity index (χ1v) is 30.0. The van der Waals surface area contributed by atoms with Crippen molar-refractivity contribution in [1.29, 1.82) is 0 Å². The van der Waals surface area contributed by atoms with Crippen LogP contribution in [-0.4, -0.2) is 72.5 Å². The van der Waals surface area contributed by atoms with E-state index in [9.17, 15) is 4.79 Å². The van der Waals surface area contributed by atoms with Crippen molar-refractivity contribution in [3.8, 4) is 69.0 Å². The van der Waals surface area contributed by atoms with Gasteiger partial charge in [0, 0.05) is 0 Å². The van der Waals surface area contributed by atoms with E-state index in [0.29, 0.717) is 111 Å². The molecule has 0 fully saturated rings. The van der Waals surface area contributed by atoms with Crippen molar-refractivity contribution in [2.45, 2.75) is 198 Å². The smallest absolute Gasteiger partial charge is 0.338 e. The Morgan fingerprint density at radius 3 is 0.709 bits per heavy atom. The highest BCUT2D eigenvalue weighted by Crippen LogP contribution is 2.46. The monoisotopic (exact) mass is 1100 g/mol. The summed E-state index contributed by atoms with van der Waals surface area (Å²) in [7, 11) is 1.35. The topological polar surface area (TPSA) is 137 Å². The lowest BCUT2D eigenvalue weighted by atomic mass is 10.1. The maximum atomic E-state index is 13.6. The molecule has 0 aliphatic carbocycles. The van der Waals surface area contributed by atoms with Crippen molar-refractivity contribution in [2.24, 2.45) is 0 Å². The van der Waals surface area contributed by atoms with Gasteiger partial charge in [0.15, 0.2) is 46.0 Å². The molecule has 0 heterocycles. The number of unbranched alkanes of at least 4 members (excludes halogenated alkanes) is 9. The third-order valence-electron chi connectivity index (χ3n) is 12.6. The van der Waals surface area contributed by atoms with Crippen LogP contribution in [0.25, 0.3) is 0 Å². The molecule has 0 unspecified atom stereocenters. The zero-order chi connectivity index (χ0) is 56.9. The lowest BCUT2D eigenvalue weighted by molar-refractivity contribution is 0.0599. The highest BCUT2D eigenvalue weighted by molar-refractivity contribution is 5.91. The summed E-state index contributed by atoms with van der Waals surface area (Å²) in [5, 5.41) is 0. The van der Waals surface area contributed by atoms with Gasteiger partial charge in [-0.1, -0.05) is 120 Å². The van der Waals surface area contributed by atoms with E-state index in [2.05, 4.69) is 62.3 Å². The molecule has 0 spiro atoms. The van der Waals surface area contributed by atoms with Crippen LogP contribution in [0.1, 0.15) is 205 Å². The molecular weight excluding hydrogens is 1000 g/mol. The zero-order valence-corrected chi connectivity index (χ0v) is 50.0. The van der Waals surface area contributed by atoms with Crippen molar-refractivity contribution in [1.82, 2.24) is 0 Å². The van der Waals surface area contributed by atoms with Gasteiger partial charge in [0.1, 0.15) is 19.8 Å². The number of methoxy groups -OCH3 is 1. The van der Waals surface area contributed by atoms with Crippen molar-refractivity contribution < 1.29 is 66.4 Å². The van der Waals surface area contributed by atoms with Gasteiger partial charge < -0.3 is 61.6 Å². The van der Waals surface area contributed by atoms with Gasteiger partial charge in [-0.05, 0) is 123 Å². The van der Waals surface area contributed by atoms with Crippen LogP contribution in [0.2, 0.25) is 0 Å². The van der Waals surface area contributed by atoms with E-state index in [1.165, 1.54) is 7.11 Å². The first-order valence-electron chi connectivity index (χ1n) is 30.0. The summed E-state index contributed by atoms with van der Waals surface area (Å²) in [6.07, 6.45) is 16.6. The van der Waals surface area contributed by atoms with Crippen molar-refractivity contribution >= 4 is 5.97 Å². The number of benzene rings is 4. The van der Waals surface area contributed by atoms with Gasteiger partial charge in [0.2, 0.25) is 23.0 Å². The molecule has 4 aromatic rings. The summed E-state index contributed by atoms with van der Waals surface area (Å²) in [5.74, 6) is 5.38. The fourth-order valence-corrected chi connectivity index (χ4v) is 7.77. The maximum absolute atomic E-state index is 13.6. The molecule has 4 aromatic carbocycles. The van der Waals surface area contributed by atoms with Crippen LogP contribution >= 0.6 is 0 Å². The molecule has 79 heavy (non-hydrogen) atoms. The molecule has 0 radical (unpaired) electrons. The molecule has 0 aliphatic rings. The molecule has 0 amide bonds. The van der Waals surface area contributed by atoms with Gasteiger partial charge in [-0.15, -0.1) is 0 Å². The van der Waals surface area contributed by atoms with Crippen LogP contribution in [0.3, 0.4) is 0 Å². The average Bonchev–Trinajstić information content (AvgIpc) is 3.45. The van der Waals surface area contributed by atoms with Crippen LogP contribution in [0.5, 0.6) is 69.0 Å². The lowest BCUT2D eigenvalue weighted by Gasteiger charge is -2.22. The molecule has 442 valence electrons. The fourth-order valence-electron chi connectivity index (χ4n) is 7.77. The Balaban J connectivity index is 1.93. The Kier molecular flexibility index (Phi) is 32.6. The second kappa shape index (κ2) is 39.3. The Morgan fingerprint density at radius 2 is 0.481 bits per heavy atom. The van der Waals surface area contributed by atoms with E-state index in [1.807, 2.05) is 36.4 Å². The Morgan fingerprint density at radius 1 is 0.278 bits per heavy atom. The normalized spacial score (nSPS) is 11.0. The first kappa shape index (κ1) is 65.5. The van der Waals surface area contributed by atoms with Crippen LogP contribution in [0.15, 0.2) is 48.5 Å². The minimum absolute atomic E-state index is 0.0367. The Labute approximate surface area is 474 Å². The second-order valence-corrected chi connectivity index (χ2v) is 19.7. The molecule has 0 aromatic heterocycles. The average molecular weight is 1100 g/mol. The van der Waals surface area contributed by atoms with E-state index in [1.54, 1.807) is 12.1 Å². The molecule has 0 saturated carbocycles. The molecule has 0 aliphatic heterocycles. The van der Waals surface area contributed by atoms with Crippen LogP contribution < -0.4 is 56.8 Å². The van der Waals surface area contributed by atoms with Gasteiger partial charge in [-0.25, -0.2) is 4.79 Å². The zero-order valence-electron chi connectivity index (χ0n) is 50.0. The van der Waals surface area contributed by atoms with E-state index in [0.717, 1.165) is 132 Å². The summed E-state index contributed by atoms with van der Waals surface area (Å²) in [6.45, 7) is 23.9.